The van der Waals surface area contributed by atoms with Crippen LogP contribution in [0.5, 0.6) is 5.88 Å². The smallest absolute Gasteiger partial charge is 0.410 e. The average molecular weight is 483 g/mol. The topological polar surface area (TPSA) is 77.3 Å². The minimum Gasteiger partial charge on any atom is -0.473 e. The molecule has 5 rings (SSSR count). The minimum absolute atomic E-state index is 0.0421. The number of pyridine rings is 1. The highest BCUT2D eigenvalue weighted by Gasteiger charge is 2.47. The molecule has 2 bridgehead atoms. The first kappa shape index (κ1) is 22.8. The van der Waals surface area contributed by atoms with E-state index in [4.69, 9.17) is 32.4 Å². The normalized spacial score (nSPS) is 24.6. The summed E-state index contributed by atoms with van der Waals surface area (Å²) in [6.45, 7) is 13.2. The molecule has 2 unspecified atom stereocenters. The van der Waals surface area contributed by atoms with Crippen molar-refractivity contribution in [2.75, 3.05) is 31.6 Å². The van der Waals surface area contributed by atoms with Crippen LogP contribution in [0.2, 0.25) is 5.02 Å². The van der Waals surface area contributed by atoms with Gasteiger partial charge in [-0.3, -0.25) is 0 Å². The number of amides is 1. The second-order valence-corrected chi connectivity index (χ2v) is 9.96. The third kappa shape index (κ3) is 4.63. The summed E-state index contributed by atoms with van der Waals surface area (Å²) in [6, 6.07) is 7.00. The highest BCUT2D eigenvalue weighted by molar-refractivity contribution is 6.33. The molecule has 1 aromatic carbocycles. The van der Waals surface area contributed by atoms with Crippen LogP contribution in [0, 0.1) is 25.3 Å². The zero-order valence-corrected chi connectivity index (χ0v) is 20.0. The molecule has 178 valence electrons. The molecule has 1 N–H and O–H groups in total. The molecule has 0 radical (unpaired) electrons. The number of hydrogen-bond donors (Lipinski definition) is 1. The number of nitrogens with zero attached hydrogens (tertiary/aromatic N) is 3. The Morgan fingerprint density at radius 3 is 2.65 bits per heavy atom. The standard InChI is InChI=1S/C25H27ClN4O4/c1-15-20(29-21-5-4-18(27-3)10-19(21)26)6-9-28-23(15)33-22-16-11-30(12-17(22)14-32-13-16)24(31)34-25(2)7-8-25/h4-6,9-10,16-17,22H,7-8,11-14H2,1-2H3,(H,28,29). The van der Waals surface area contributed by atoms with Crippen molar-refractivity contribution >= 4 is 34.8 Å². The summed E-state index contributed by atoms with van der Waals surface area (Å²) in [6.07, 6.45) is 3.22. The number of ether oxygens (including phenoxy) is 3. The lowest BCUT2D eigenvalue weighted by Gasteiger charge is -2.46. The van der Waals surface area contributed by atoms with Crippen molar-refractivity contribution in [1.82, 2.24) is 9.88 Å². The van der Waals surface area contributed by atoms with Crippen LogP contribution in [0.4, 0.5) is 21.9 Å². The van der Waals surface area contributed by atoms with Gasteiger partial charge in [0.25, 0.3) is 0 Å². The van der Waals surface area contributed by atoms with E-state index in [0.29, 0.717) is 48.6 Å². The molecule has 1 aromatic heterocycles. The maximum atomic E-state index is 12.7. The number of hydrogen-bond acceptors (Lipinski definition) is 6. The van der Waals surface area contributed by atoms with Gasteiger partial charge in [0.1, 0.15) is 11.7 Å². The lowest BCUT2D eigenvalue weighted by molar-refractivity contribution is -0.111. The number of aromatic nitrogens is 1. The van der Waals surface area contributed by atoms with E-state index in [9.17, 15) is 4.79 Å². The fraction of sp³-hybridized carbons (Fsp3) is 0.480. The Hall–Kier alpha value is -3.02. The van der Waals surface area contributed by atoms with E-state index in [1.807, 2.05) is 19.9 Å². The van der Waals surface area contributed by atoms with Crippen molar-refractivity contribution < 1.29 is 19.0 Å². The lowest BCUT2D eigenvalue weighted by Crippen LogP contribution is -2.59. The molecule has 1 amide bonds. The molecule has 8 nitrogen and oxygen atoms in total. The van der Waals surface area contributed by atoms with Crippen molar-refractivity contribution in [2.45, 2.75) is 38.4 Å². The Kier molecular flexibility index (Phi) is 6.00. The maximum Gasteiger partial charge on any atom is 0.410 e. The van der Waals surface area contributed by atoms with Crippen LogP contribution in [0.25, 0.3) is 4.85 Å². The largest absolute Gasteiger partial charge is 0.473 e. The van der Waals surface area contributed by atoms with Crippen molar-refractivity contribution in [3.05, 3.63) is 52.5 Å². The van der Waals surface area contributed by atoms with Gasteiger partial charge < -0.3 is 24.4 Å². The Labute approximate surface area is 204 Å². The van der Waals surface area contributed by atoms with Gasteiger partial charge in [0.15, 0.2) is 5.69 Å². The Bertz CT molecular complexity index is 1130. The number of halogens is 1. The van der Waals surface area contributed by atoms with Crippen molar-refractivity contribution in [3.63, 3.8) is 0 Å². The van der Waals surface area contributed by atoms with Gasteiger partial charge in [-0.2, -0.15) is 0 Å². The third-order valence-electron chi connectivity index (χ3n) is 6.81. The first-order valence-electron chi connectivity index (χ1n) is 11.5. The molecule has 1 aliphatic carbocycles. The number of piperidine rings is 1. The van der Waals surface area contributed by atoms with Crippen LogP contribution in [0.15, 0.2) is 30.5 Å². The van der Waals surface area contributed by atoms with E-state index >= 15 is 0 Å². The molecule has 1 saturated carbocycles. The molecule has 2 atom stereocenters. The summed E-state index contributed by atoms with van der Waals surface area (Å²) in [4.78, 5) is 22.4. The summed E-state index contributed by atoms with van der Waals surface area (Å²) in [5, 5.41) is 3.79. The van der Waals surface area contributed by atoms with E-state index in [1.165, 1.54) is 0 Å². The molecule has 2 aromatic rings. The predicted octanol–water partition coefficient (Wildman–Crippen LogP) is 5.35. The molecule has 2 saturated heterocycles. The second kappa shape index (κ2) is 8.97. The number of anilines is 2. The first-order valence-corrected chi connectivity index (χ1v) is 11.8. The van der Waals surface area contributed by atoms with Gasteiger partial charge in [0, 0.05) is 42.4 Å². The zero-order valence-electron chi connectivity index (χ0n) is 19.2. The van der Waals surface area contributed by atoms with Gasteiger partial charge in [0.05, 0.1) is 30.5 Å². The molecule has 3 fully saturated rings. The molecule has 9 heteroatoms. The van der Waals surface area contributed by atoms with Crippen LogP contribution < -0.4 is 10.1 Å². The number of nitrogens with one attached hydrogen (secondary N) is 1. The summed E-state index contributed by atoms with van der Waals surface area (Å²) in [5.41, 5.74) is 2.58. The predicted molar refractivity (Wildman–Crippen MR) is 128 cm³/mol. The van der Waals surface area contributed by atoms with Gasteiger partial charge in [-0.05, 0) is 44.9 Å². The summed E-state index contributed by atoms with van der Waals surface area (Å²) < 4.78 is 17.9. The summed E-state index contributed by atoms with van der Waals surface area (Å²) >= 11 is 6.34. The van der Waals surface area contributed by atoms with Gasteiger partial charge in [-0.25, -0.2) is 14.6 Å². The van der Waals surface area contributed by atoms with Crippen LogP contribution in [-0.4, -0.2) is 54.0 Å². The van der Waals surface area contributed by atoms with E-state index < -0.39 is 0 Å². The van der Waals surface area contributed by atoms with Gasteiger partial charge in [0.2, 0.25) is 5.88 Å². The lowest BCUT2D eigenvalue weighted by atomic mass is 9.84. The number of benzene rings is 1. The number of likely N-dealkylation sites (tertiary alicyclic amines) is 1. The number of fused-ring (bicyclic) bond motifs is 2. The highest BCUT2D eigenvalue weighted by atomic mass is 35.5. The Morgan fingerprint density at radius 2 is 2.00 bits per heavy atom. The highest BCUT2D eigenvalue weighted by Crippen LogP contribution is 2.40. The Morgan fingerprint density at radius 1 is 1.26 bits per heavy atom. The van der Waals surface area contributed by atoms with Gasteiger partial charge >= 0.3 is 6.09 Å². The SMILES string of the molecule is [C-]#[N+]c1ccc(Nc2ccnc(OC3C4COCC3CN(C(=O)OC3(C)CC3)C4)c2C)c(Cl)c1. The van der Waals surface area contributed by atoms with Crippen LogP contribution in [0.1, 0.15) is 25.3 Å². The van der Waals surface area contributed by atoms with Crippen molar-refractivity contribution in [2.24, 2.45) is 11.8 Å². The summed E-state index contributed by atoms with van der Waals surface area (Å²) in [7, 11) is 0. The average Bonchev–Trinajstić information content (AvgIpc) is 3.53. The third-order valence-corrected chi connectivity index (χ3v) is 7.12. The van der Waals surface area contributed by atoms with E-state index in [2.05, 4.69) is 15.1 Å². The number of rotatable bonds is 5. The van der Waals surface area contributed by atoms with Crippen molar-refractivity contribution in [1.29, 1.82) is 0 Å². The monoisotopic (exact) mass is 482 g/mol. The molecule has 0 spiro atoms. The van der Waals surface area contributed by atoms with Crippen LogP contribution >= 0.6 is 11.6 Å². The maximum absolute atomic E-state index is 12.7. The summed E-state index contributed by atoms with van der Waals surface area (Å²) in [5.74, 6) is 0.628. The second-order valence-electron chi connectivity index (χ2n) is 9.55. The number of carbonyl (C=O) groups excluding carboxylic acids is 1. The molecule has 3 heterocycles. The minimum atomic E-state index is -0.288. The van der Waals surface area contributed by atoms with Gasteiger partial charge in [-0.1, -0.05) is 17.7 Å². The fourth-order valence-electron chi connectivity index (χ4n) is 4.51. The number of carbonyl (C=O) groups is 1. The zero-order chi connectivity index (χ0) is 23.9. The molecule has 3 aliphatic rings. The van der Waals surface area contributed by atoms with E-state index in [0.717, 1.165) is 24.1 Å². The molecule has 34 heavy (non-hydrogen) atoms. The van der Waals surface area contributed by atoms with Crippen LogP contribution in [-0.2, 0) is 9.47 Å². The fourth-order valence-corrected chi connectivity index (χ4v) is 4.74. The van der Waals surface area contributed by atoms with E-state index in [1.54, 1.807) is 29.3 Å². The molecular formula is C25H27ClN4O4. The van der Waals surface area contributed by atoms with Crippen LogP contribution in [0.3, 0.4) is 0 Å². The first-order chi connectivity index (χ1) is 16.3. The van der Waals surface area contributed by atoms with E-state index in [-0.39, 0.29) is 29.6 Å². The Balaban J connectivity index is 1.30. The quantitative estimate of drug-likeness (QED) is 0.579. The van der Waals surface area contributed by atoms with Crippen molar-refractivity contribution in [3.8, 4) is 5.88 Å². The molecular weight excluding hydrogens is 456 g/mol. The van der Waals surface area contributed by atoms with Gasteiger partial charge in [-0.15, -0.1) is 0 Å². The molecule has 2 aliphatic heterocycles.